The van der Waals surface area contributed by atoms with Gasteiger partial charge in [0.25, 0.3) is 0 Å². The number of hydrogen-bond acceptors (Lipinski definition) is 3. The third-order valence-corrected chi connectivity index (χ3v) is 1.98. The number of nitrogens with zero attached hydrogens (tertiary/aromatic N) is 2. The van der Waals surface area contributed by atoms with E-state index < -0.39 is 0 Å². The lowest BCUT2D eigenvalue weighted by atomic mass is 10.1. The number of hydrogen-bond donors (Lipinski definition) is 1. The molecule has 3 heteroatoms. The number of rotatable bonds is 5. The molecular weight excluding hydrogens is 174 g/mol. The summed E-state index contributed by atoms with van der Waals surface area (Å²) in [6, 6.07) is 2.00. The molecule has 0 aliphatic carbocycles. The molecule has 0 radical (unpaired) electrons. The van der Waals surface area contributed by atoms with Crippen LogP contribution in [0.2, 0.25) is 0 Å². The average molecular weight is 193 g/mol. The first-order valence-electron chi connectivity index (χ1n) is 5.17. The predicted octanol–water partition coefficient (Wildman–Crippen LogP) is 1.44. The van der Waals surface area contributed by atoms with Gasteiger partial charge in [-0.25, -0.2) is 9.97 Å². The number of nitrogens with one attached hydrogen (secondary N) is 1. The largest absolute Gasteiger partial charge is 0.319 e. The third kappa shape index (κ3) is 3.83. The van der Waals surface area contributed by atoms with Crippen LogP contribution in [-0.4, -0.2) is 23.6 Å². The van der Waals surface area contributed by atoms with Crippen LogP contribution in [0, 0.1) is 5.92 Å². The summed E-state index contributed by atoms with van der Waals surface area (Å²) < 4.78 is 0. The van der Waals surface area contributed by atoms with Gasteiger partial charge in [-0.2, -0.15) is 0 Å². The van der Waals surface area contributed by atoms with Gasteiger partial charge in [0.1, 0.15) is 5.82 Å². The van der Waals surface area contributed by atoms with Crippen LogP contribution in [0.5, 0.6) is 0 Å². The summed E-state index contributed by atoms with van der Waals surface area (Å²) in [5, 5.41) is 3.10. The Labute approximate surface area is 86.0 Å². The van der Waals surface area contributed by atoms with E-state index in [-0.39, 0.29) is 0 Å². The monoisotopic (exact) mass is 193 g/mol. The topological polar surface area (TPSA) is 37.8 Å². The molecule has 14 heavy (non-hydrogen) atoms. The fourth-order valence-corrected chi connectivity index (χ4v) is 1.33. The lowest BCUT2D eigenvalue weighted by Gasteiger charge is -2.05. The highest BCUT2D eigenvalue weighted by Gasteiger charge is 2.01. The average Bonchev–Trinajstić information content (AvgIpc) is 2.14. The van der Waals surface area contributed by atoms with Crippen LogP contribution >= 0.6 is 0 Å². The lowest BCUT2D eigenvalue weighted by Crippen LogP contribution is -2.13. The molecule has 3 nitrogen and oxygen atoms in total. The van der Waals surface area contributed by atoms with E-state index >= 15 is 0 Å². The van der Waals surface area contributed by atoms with Crippen LogP contribution in [-0.2, 0) is 12.8 Å². The Balaban J connectivity index is 2.59. The molecule has 0 saturated carbocycles. The maximum absolute atomic E-state index is 4.50. The van der Waals surface area contributed by atoms with Crippen molar-refractivity contribution in [1.29, 1.82) is 0 Å². The molecule has 0 saturated heterocycles. The summed E-state index contributed by atoms with van der Waals surface area (Å²) in [7, 11) is 1.94. The van der Waals surface area contributed by atoms with Crippen LogP contribution in [0.15, 0.2) is 12.3 Å². The second-order valence-corrected chi connectivity index (χ2v) is 3.92. The number of aromatic nitrogens is 2. The normalized spacial score (nSPS) is 10.9. The Hall–Kier alpha value is -0.960. The molecule has 1 aromatic rings. The second kappa shape index (κ2) is 5.70. The summed E-state index contributed by atoms with van der Waals surface area (Å²) in [4.78, 5) is 8.73. The zero-order valence-corrected chi connectivity index (χ0v) is 9.25. The van der Waals surface area contributed by atoms with Crippen molar-refractivity contribution in [1.82, 2.24) is 15.3 Å². The van der Waals surface area contributed by atoms with Gasteiger partial charge in [-0.1, -0.05) is 13.8 Å². The van der Waals surface area contributed by atoms with Crippen LogP contribution in [0.3, 0.4) is 0 Å². The SMILES string of the molecule is CNCCc1nccc(CC(C)C)n1. The van der Waals surface area contributed by atoms with Gasteiger partial charge >= 0.3 is 0 Å². The van der Waals surface area contributed by atoms with E-state index in [1.807, 2.05) is 19.3 Å². The van der Waals surface area contributed by atoms with Crippen molar-refractivity contribution in [3.63, 3.8) is 0 Å². The van der Waals surface area contributed by atoms with Crippen LogP contribution < -0.4 is 5.32 Å². The van der Waals surface area contributed by atoms with E-state index in [1.165, 1.54) is 0 Å². The van der Waals surface area contributed by atoms with E-state index in [9.17, 15) is 0 Å². The molecule has 1 rings (SSSR count). The van der Waals surface area contributed by atoms with Crippen LogP contribution in [0.4, 0.5) is 0 Å². The Morgan fingerprint density at radius 1 is 1.43 bits per heavy atom. The van der Waals surface area contributed by atoms with Gasteiger partial charge in [-0.15, -0.1) is 0 Å². The Bertz CT molecular complexity index is 271. The summed E-state index contributed by atoms with van der Waals surface area (Å²) in [6.45, 7) is 5.34. The maximum atomic E-state index is 4.50. The summed E-state index contributed by atoms with van der Waals surface area (Å²) in [5.74, 6) is 1.60. The Morgan fingerprint density at radius 3 is 2.86 bits per heavy atom. The first-order chi connectivity index (χ1) is 6.72. The minimum Gasteiger partial charge on any atom is -0.319 e. The molecule has 1 aromatic heterocycles. The van der Waals surface area contributed by atoms with Crippen molar-refractivity contribution in [2.75, 3.05) is 13.6 Å². The van der Waals surface area contributed by atoms with E-state index in [2.05, 4.69) is 29.1 Å². The van der Waals surface area contributed by atoms with Gasteiger partial charge in [0, 0.05) is 24.9 Å². The quantitative estimate of drug-likeness (QED) is 0.769. The van der Waals surface area contributed by atoms with Gasteiger partial charge in [0.05, 0.1) is 0 Å². The molecule has 0 spiro atoms. The molecule has 0 aromatic carbocycles. The smallest absolute Gasteiger partial charge is 0.129 e. The fourth-order valence-electron chi connectivity index (χ4n) is 1.33. The zero-order chi connectivity index (χ0) is 10.4. The van der Waals surface area contributed by atoms with Crippen molar-refractivity contribution in [3.8, 4) is 0 Å². The van der Waals surface area contributed by atoms with Crippen molar-refractivity contribution in [2.45, 2.75) is 26.7 Å². The van der Waals surface area contributed by atoms with Gasteiger partial charge < -0.3 is 5.32 Å². The van der Waals surface area contributed by atoms with E-state index in [0.717, 1.165) is 30.9 Å². The molecule has 1 heterocycles. The molecule has 0 bridgehead atoms. The predicted molar refractivity (Wildman–Crippen MR) is 58.2 cm³/mol. The van der Waals surface area contributed by atoms with Gasteiger partial charge in [-0.3, -0.25) is 0 Å². The molecule has 0 amide bonds. The van der Waals surface area contributed by atoms with E-state index in [0.29, 0.717) is 5.92 Å². The minimum atomic E-state index is 0.655. The maximum Gasteiger partial charge on any atom is 0.129 e. The highest BCUT2D eigenvalue weighted by molar-refractivity contribution is 5.03. The molecule has 0 aliphatic heterocycles. The molecule has 78 valence electrons. The number of likely N-dealkylation sites (N-methyl/N-ethyl adjacent to an activating group) is 1. The van der Waals surface area contributed by atoms with Crippen molar-refractivity contribution in [3.05, 3.63) is 23.8 Å². The molecule has 0 unspecified atom stereocenters. The molecule has 0 aliphatic rings. The van der Waals surface area contributed by atoms with Crippen molar-refractivity contribution < 1.29 is 0 Å². The fraction of sp³-hybridized carbons (Fsp3) is 0.636. The van der Waals surface area contributed by atoms with Gasteiger partial charge in [-0.05, 0) is 25.5 Å². The summed E-state index contributed by atoms with van der Waals surface area (Å²) in [6.07, 6.45) is 3.80. The van der Waals surface area contributed by atoms with Crippen molar-refractivity contribution in [2.24, 2.45) is 5.92 Å². The molecule has 1 N–H and O–H groups in total. The minimum absolute atomic E-state index is 0.655. The molecule has 0 fully saturated rings. The second-order valence-electron chi connectivity index (χ2n) is 3.92. The van der Waals surface area contributed by atoms with Gasteiger partial charge in [0.2, 0.25) is 0 Å². The zero-order valence-electron chi connectivity index (χ0n) is 9.25. The summed E-state index contributed by atoms with van der Waals surface area (Å²) in [5.41, 5.74) is 1.15. The van der Waals surface area contributed by atoms with E-state index in [4.69, 9.17) is 0 Å². The van der Waals surface area contributed by atoms with Crippen LogP contribution in [0.25, 0.3) is 0 Å². The summed E-state index contributed by atoms with van der Waals surface area (Å²) >= 11 is 0. The lowest BCUT2D eigenvalue weighted by molar-refractivity contribution is 0.628. The molecule has 0 atom stereocenters. The third-order valence-electron chi connectivity index (χ3n) is 1.98. The Kier molecular flexibility index (Phi) is 4.53. The first kappa shape index (κ1) is 11.1. The standard InChI is InChI=1S/C11H19N3/c1-9(2)8-10-4-7-13-11(14-10)5-6-12-3/h4,7,9,12H,5-6,8H2,1-3H3. The highest BCUT2D eigenvalue weighted by Crippen LogP contribution is 2.04. The Morgan fingerprint density at radius 2 is 2.21 bits per heavy atom. The molecular formula is C11H19N3. The first-order valence-corrected chi connectivity index (χ1v) is 5.17. The van der Waals surface area contributed by atoms with E-state index in [1.54, 1.807) is 0 Å². The van der Waals surface area contributed by atoms with Crippen molar-refractivity contribution >= 4 is 0 Å². The van der Waals surface area contributed by atoms with Gasteiger partial charge in [0.15, 0.2) is 0 Å². The van der Waals surface area contributed by atoms with Crippen LogP contribution in [0.1, 0.15) is 25.4 Å². The highest BCUT2D eigenvalue weighted by atomic mass is 14.9.